The average molecular weight is 295 g/mol. The van der Waals surface area contributed by atoms with E-state index in [1.807, 2.05) is 13.8 Å². The Kier molecular flexibility index (Phi) is 5.26. The molecule has 0 radical (unpaired) electrons. The third-order valence-electron chi connectivity index (χ3n) is 3.43. The van der Waals surface area contributed by atoms with E-state index in [2.05, 4.69) is 20.6 Å². The number of anilines is 2. The molecular weight excluding hydrogens is 274 g/mol. The number of rotatable bonds is 7. The fraction of sp³-hybridized carbons (Fsp3) is 0.692. The second kappa shape index (κ2) is 7.16. The van der Waals surface area contributed by atoms with Crippen molar-refractivity contribution >= 4 is 17.3 Å². The maximum absolute atomic E-state index is 11.3. The molecule has 2 N–H and O–H groups in total. The van der Waals surface area contributed by atoms with E-state index in [0.29, 0.717) is 6.54 Å². The highest BCUT2D eigenvalue weighted by molar-refractivity contribution is 5.69. The van der Waals surface area contributed by atoms with Gasteiger partial charge in [-0.1, -0.05) is 6.92 Å². The topological polar surface area (TPSA) is 102 Å². The SMILES string of the molecule is CCCNc1ncnc(NC(C)C2CCCO2)c1[N+](=O)[O-]. The van der Waals surface area contributed by atoms with Crippen molar-refractivity contribution in [2.24, 2.45) is 0 Å². The van der Waals surface area contributed by atoms with Crippen molar-refractivity contribution in [3.8, 4) is 0 Å². The lowest BCUT2D eigenvalue weighted by Gasteiger charge is -2.20. The number of aromatic nitrogens is 2. The number of nitrogens with one attached hydrogen (secondary N) is 2. The quantitative estimate of drug-likeness (QED) is 0.587. The van der Waals surface area contributed by atoms with Gasteiger partial charge in [-0.2, -0.15) is 0 Å². The van der Waals surface area contributed by atoms with Gasteiger partial charge in [0.25, 0.3) is 0 Å². The zero-order valence-corrected chi connectivity index (χ0v) is 12.3. The van der Waals surface area contributed by atoms with Crippen molar-refractivity contribution in [3.05, 3.63) is 16.4 Å². The first kappa shape index (κ1) is 15.4. The van der Waals surface area contributed by atoms with Crippen LogP contribution in [0.3, 0.4) is 0 Å². The highest BCUT2D eigenvalue weighted by Gasteiger charge is 2.27. The summed E-state index contributed by atoms with van der Waals surface area (Å²) in [6.07, 6.45) is 4.22. The van der Waals surface area contributed by atoms with Crippen molar-refractivity contribution < 1.29 is 9.66 Å². The van der Waals surface area contributed by atoms with Gasteiger partial charge in [0.15, 0.2) is 0 Å². The maximum atomic E-state index is 11.3. The monoisotopic (exact) mass is 295 g/mol. The molecule has 0 aromatic carbocycles. The molecule has 0 amide bonds. The summed E-state index contributed by atoms with van der Waals surface area (Å²) < 4.78 is 5.59. The van der Waals surface area contributed by atoms with Crippen LogP contribution in [-0.4, -0.2) is 40.2 Å². The number of nitro groups is 1. The largest absolute Gasteiger partial charge is 0.376 e. The Morgan fingerprint density at radius 1 is 1.52 bits per heavy atom. The maximum Gasteiger partial charge on any atom is 0.353 e. The molecule has 116 valence electrons. The summed E-state index contributed by atoms with van der Waals surface area (Å²) in [6.45, 7) is 5.30. The minimum absolute atomic E-state index is 0.0416. The normalized spacial score (nSPS) is 19.2. The van der Waals surface area contributed by atoms with Gasteiger partial charge in [0.2, 0.25) is 11.6 Å². The van der Waals surface area contributed by atoms with Gasteiger partial charge in [-0.15, -0.1) is 0 Å². The Morgan fingerprint density at radius 2 is 2.29 bits per heavy atom. The number of ether oxygens (including phenoxy) is 1. The average Bonchev–Trinajstić information content (AvgIpc) is 2.99. The Balaban J connectivity index is 2.18. The van der Waals surface area contributed by atoms with Gasteiger partial charge in [0.05, 0.1) is 17.1 Å². The second-order valence-corrected chi connectivity index (χ2v) is 5.09. The summed E-state index contributed by atoms with van der Waals surface area (Å²) in [5, 5.41) is 17.4. The predicted molar refractivity (Wildman–Crippen MR) is 79.5 cm³/mol. The molecule has 8 nitrogen and oxygen atoms in total. The van der Waals surface area contributed by atoms with Crippen LogP contribution < -0.4 is 10.6 Å². The van der Waals surface area contributed by atoms with Crippen LogP contribution >= 0.6 is 0 Å². The Morgan fingerprint density at radius 3 is 2.90 bits per heavy atom. The number of hydrogen-bond donors (Lipinski definition) is 2. The zero-order chi connectivity index (χ0) is 15.2. The van der Waals surface area contributed by atoms with Gasteiger partial charge < -0.3 is 15.4 Å². The lowest BCUT2D eigenvalue weighted by atomic mass is 10.1. The molecule has 8 heteroatoms. The van der Waals surface area contributed by atoms with Crippen molar-refractivity contribution in [1.29, 1.82) is 0 Å². The summed E-state index contributed by atoms with van der Waals surface area (Å²) in [6, 6.07) is -0.0416. The van der Waals surface area contributed by atoms with E-state index < -0.39 is 4.92 Å². The zero-order valence-electron chi connectivity index (χ0n) is 12.3. The van der Waals surface area contributed by atoms with Gasteiger partial charge in [-0.05, 0) is 26.2 Å². The molecule has 0 aliphatic carbocycles. The van der Waals surface area contributed by atoms with Gasteiger partial charge >= 0.3 is 5.69 Å². The minimum atomic E-state index is -0.456. The highest BCUT2D eigenvalue weighted by atomic mass is 16.6. The molecule has 1 aromatic rings. The molecule has 2 unspecified atom stereocenters. The summed E-state index contributed by atoms with van der Waals surface area (Å²) in [5.41, 5.74) is -0.115. The standard InChI is InChI=1S/C13H21N5O3/c1-3-6-14-12-11(18(19)20)13(16-8-15-12)17-9(2)10-5-4-7-21-10/h8-10H,3-7H2,1-2H3,(H2,14,15,16,17). The molecule has 1 aromatic heterocycles. The summed E-state index contributed by atoms with van der Waals surface area (Å²) in [7, 11) is 0. The van der Waals surface area contributed by atoms with Crippen LogP contribution in [-0.2, 0) is 4.74 Å². The molecule has 2 rings (SSSR count). The fourth-order valence-electron chi connectivity index (χ4n) is 2.34. The number of nitrogens with zero attached hydrogens (tertiary/aromatic N) is 3. The minimum Gasteiger partial charge on any atom is -0.376 e. The van der Waals surface area contributed by atoms with Crippen molar-refractivity contribution in [3.63, 3.8) is 0 Å². The molecular formula is C13H21N5O3. The molecule has 1 saturated heterocycles. The van der Waals surface area contributed by atoms with E-state index in [1.54, 1.807) is 0 Å². The summed E-state index contributed by atoms with van der Waals surface area (Å²) >= 11 is 0. The van der Waals surface area contributed by atoms with Gasteiger partial charge in [-0.25, -0.2) is 9.97 Å². The lowest BCUT2D eigenvalue weighted by molar-refractivity contribution is -0.383. The third-order valence-corrected chi connectivity index (χ3v) is 3.43. The lowest BCUT2D eigenvalue weighted by Crippen LogP contribution is -2.30. The van der Waals surface area contributed by atoms with Gasteiger partial charge in [0.1, 0.15) is 6.33 Å². The van der Waals surface area contributed by atoms with Crippen LogP contribution in [0, 0.1) is 10.1 Å². The molecule has 21 heavy (non-hydrogen) atoms. The van der Waals surface area contributed by atoms with E-state index in [1.165, 1.54) is 6.33 Å². The highest BCUT2D eigenvalue weighted by Crippen LogP contribution is 2.30. The van der Waals surface area contributed by atoms with Crippen LogP contribution in [0.2, 0.25) is 0 Å². The molecule has 1 fully saturated rings. The van der Waals surface area contributed by atoms with E-state index in [9.17, 15) is 10.1 Å². The fourth-order valence-corrected chi connectivity index (χ4v) is 2.34. The van der Waals surface area contributed by atoms with E-state index >= 15 is 0 Å². The summed E-state index contributed by atoms with van der Waals surface area (Å²) in [4.78, 5) is 18.9. The first-order chi connectivity index (χ1) is 10.1. The van der Waals surface area contributed by atoms with Crippen LogP contribution in [0.15, 0.2) is 6.33 Å². The smallest absolute Gasteiger partial charge is 0.353 e. The Labute approximate surface area is 123 Å². The Hall–Kier alpha value is -1.96. The third kappa shape index (κ3) is 3.78. The predicted octanol–water partition coefficient (Wildman–Crippen LogP) is 2.19. The van der Waals surface area contributed by atoms with Crippen LogP contribution in [0.1, 0.15) is 33.1 Å². The first-order valence-electron chi connectivity index (χ1n) is 7.25. The van der Waals surface area contributed by atoms with Crippen molar-refractivity contribution in [1.82, 2.24) is 9.97 Å². The molecule has 2 atom stereocenters. The molecule has 0 spiro atoms. The molecule has 0 saturated carbocycles. The first-order valence-corrected chi connectivity index (χ1v) is 7.25. The Bertz CT molecular complexity index is 491. The van der Waals surface area contributed by atoms with Gasteiger partial charge in [0, 0.05) is 13.2 Å². The van der Waals surface area contributed by atoms with Crippen LogP contribution in [0.4, 0.5) is 17.3 Å². The van der Waals surface area contributed by atoms with E-state index in [4.69, 9.17) is 4.74 Å². The van der Waals surface area contributed by atoms with E-state index in [0.717, 1.165) is 25.9 Å². The molecule has 2 heterocycles. The number of hydrogen-bond acceptors (Lipinski definition) is 7. The molecule has 1 aliphatic heterocycles. The second-order valence-electron chi connectivity index (χ2n) is 5.09. The molecule has 0 bridgehead atoms. The van der Waals surface area contributed by atoms with Crippen LogP contribution in [0.25, 0.3) is 0 Å². The van der Waals surface area contributed by atoms with Crippen molar-refractivity contribution in [2.45, 2.75) is 45.3 Å². The van der Waals surface area contributed by atoms with Gasteiger partial charge in [-0.3, -0.25) is 10.1 Å². The van der Waals surface area contributed by atoms with Crippen LogP contribution in [0.5, 0.6) is 0 Å². The molecule has 1 aliphatic rings. The van der Waals surface area contributed by atoms with Crippen molar-refractivity contribution in [2.75, 3.05) is 23.8 Å². The summed E-state index contributed by atoms with van der Waals surface area (Å²) in [5.74, 6) is 0.482. The van der Waals surface area contributed by atoms with E-state index in [-0.39, 0.29) is 29.5 Å².